The molecule has 5 unspecified atom stereocenters. The van der Waals surface area contributed by atoms with Crippen molar-refractivity contribution in [3.8, 4) is 0 Å². The van der Waals surface area contributed by atoms with Gasteiger partial charge in [0.25, 0.3) is 0 Å². The lowest BCUT2D eigenvalue weighted by atomic mass is 9.69. The molecule has 0 radical (unpaired) electrons. The molecule has 0 spiro atoms. The largest absolute Gasteiger partial charge is 0.393 e. The molecule has 1 heteroatoms. The molecule has 0 saturated heterocycles. The van der Waals surface area contributed by atoms with Gasteiger partial charge in [-0.25, -0.2) is 0 Å². The second-order valence-electron chi connectivity index (χ2n) is 6.40. The molecule has 1 nitrogen and oxygen atoms in total. The first-order valence-electron chi connectivity index (χ1n) is 7.36. The van der Waals surface area contributed by atoms with Crippen LogP contribution in [0.15, 0.2) is 0 Å². The summed E-state index contributed by atoms with van der Waals surface area (Å²) in [5, 5.41) is 10.3. The normalized spacial score (nSPS) is 46.3. The summed E-state index contributed by atoms with van der Waals surface area (Å²) in [5.74, 6) is 3.21. The van der Waals surface area contributed by atoms with Gasteiger partial charge in [0, 0.05) is 0 Å². The molecule has 2 saturated carbocycles. The molecule has 0 aromatic rings. The highest BCUT2D eigenvalue weighted by Gasteiger charge is 2.34. The Hall–Kier alpha value is -0.0400. The minimum Gasteiger partial charge on any atom is -0.393 e. The zero-order valence-corrected chi connectivity index (χ0v) is 11.0. The average Bonchev–Trinajstić information content (AvgIpc) is 2.47. The first kappa shape index (κ1) is 12.4. The van der Waals surface area contributed by atoms with Gasteiger partial charge in [0.1, 0.15) is 0 Å². The first-order chi connectivity index (χ1) is 7.68. The van der Waals surface area contributed by atoms with Crippen LogP contribution in [0.4, 0.5) is 0 Å². The van der Waals surface area contributed by atoms with Gasteiger partial charge >= 0.3 is 0 Å². The molecule has 2 fully saturated rings. The van der Waals surface area contributed by atoms with Crippen molar-refractivity contribution in [2.45, 2.75) is 71.3 Å². The fourth-order valence-corrected chi connectivity index (χ4v) is 3.84. The zero-order chi connectivity index (χ0) is 11.5. The number of hydrogen-bond donors (Lipinski definition) is 1. The molecule has 94 valence electrons. The highest BCUT2D eigenvalue weighted by molar-refractivity contribution is 4.84. The van der Waals surface area contributed by atoms with E-state index >= 15 is 0 Å². The highest BCUT2D eigenvalue weighted by atomic mass is 16.3. The van der Waals surface area contributed by atoms with E-state index in [0.29, 0.717) is 5.92 Å². The summed E-state index contributed by atoms with van der Waals surface area (Å²) >= 11 is 0. The molecule has 2 aliphatic carbocycles. The number of aliphatic hydroxyl groups excluding tert-OH is 1. The third-order valence-electron chi connectivity index (χ3n) is 5.28. The Kier molecular flexibility index (Phi) is 4.29. The molecule has 0 aliphatic heterocycles. The Balaban J connectivity index is 1.94. The molecule has 0 aromatic carbocycles. The van der Waals surface area contributed by atoms with Crippen LogP contribution < -0.4 is 0 Å². The summed E-state index contributed by atoms with van der Waals surface area (Å²) in [5.41, 5.74) is 0. The predicted octanol–water partition coefficient (Wildman–Crippen LogP) is 4.00. The van der Waals surface area contributed by atoms with E-state index < -0.39 is 0 Å². The van der Waals surface area contributed by atoms with Gasteiger partial charge in [-0.1, -0.05) is 39.5 Å². The van der Waals surface area contributed by atoms with Gasteiger partial charge in [-0.15, -0.1) is 0 Å². The smallest absolute Gasteiger partial charge is 0.0571 e. The standard InChI is InChI=1S/C15H28O/c1-11-8-9-13(10-12(11)2)14-6-4-3-5-7-15(14)16/h11-16H,3-10H2,1-2H3. The van der Waals surface area contributed by atoms with Gasteiger partial charge in [0.2, 0.25) is 0 Å². The molecular weight excluding hydrogens is 196 g/mol. The van der Waals surface area contributed by atoms with Crippen LogP contribution in [0.2, 0.25) is 0 Å². The molecule has 16 heavy (non-hydrogen) atoms. The molecular formula is C15H28O. The molecule has 2 aliphatic rings. The third kappa shape index (κ3) is 2.80. The van der Waals surface area contributed by atoms with Crippen LogP contribution in [-0.2, 0) is 0 Å². The monoisotopic (exact) mass is 224 g/mol. The summed E-state index contributed by atoms with van der Waals surface area (Å²) in [6.07, 6.45) is 10.4. The van der Waals surface area contributed by atoms with Crippen LogP contribution >= 0.6 is 0 Å². The molecule has 0 bridgehead atoms. The van der Waals surface area contributed by atoms with Gasteiger partial charge in [-0.2, -0.15) is 0 Å². The van der Waals surface area contributed by atoms with Crippen molar-refractivity contribution in [1.29, 1.82) is 0 Å². The van der Waals surface area contributed by atoms with E-state index in [-0.39, 0.29) is 6.10 Å². The van der Waals surface area contributed by atoms with Crippen molar-refractivity contribution >= 4 is 0 Å². The van der Waals surface area contributed by atoms with E-state index in [4.69, 9.17) is 0 Å². The Morgan fingerprint density at radius 3 is 2.31 bits per heavy atom. The minimum atomic E-state index is 0.00751. The molecule has 1 N–H and O–H groups in total. The van der Waals surface area contributed by atoms with Gasteiger partial charge in [-0.3, -0.25) is 0 Å². The van der Waals surface area contributed by atoms with Crippen molar-refractivity contribution in [2.75, 3.05) is 0 Å². The Morgan fingerprint density at radius 1 is 0.812 bits per heavy atom. The molecule has 2 rings (SSSR count). The van der Waals surface area contributed by atoms with Crippen LogP contribution in [0.25, 0.3) is 0 Å². The van der Waals surface area contributed by atoms with E-state index in [1.807, 2.05) is 0 Å². The van der Waals surface area contributed by atoms with Crippen LogP contribution in [0.3, 0.4) is 0 Å². The van der Waals surface area contributed by atoms with Crippen LogP contribution in [0.1, 0.15) is 65.2 Å². The summed E-state index contributed by atoms with van der Waals surface area (Å²) in [7, 11) is 0. The summed E-state index contributed by atoms with van der Waals surface area (Å²) < 4.78 is 0. The van der Waals surface area contributed by atoms with Crippen molar-refractivity contribution in [2.24, 2.45) is 23.7 Å². The van der Waals surface area contributed by atoms with Crippen molar-refractivity contribution in [3.05, 3.63) is 0 Å². The van der Waals surface area contributed by atoms with E-state index in [1.54, 1.807) is 0 Å². The quantitative estimate of drug-likeness (QED) is 0.667. The SMILES string of the molecule is CC1CCC(C2CCCCCC2O)CC1C. The van der Waals surface area contributed by atoms with Crippen molar-refractivity contribution < 1.29 is 5.11 Å². The Morgan fingerprint density at radius 2 is 1.56 bits per heavy atom. The fourth-order valence-electron chi connectivity index (χ4n) is 3.84. The number of rotatable bonds is 1. The van der Waals surface area contributed by atoms with Gasteiger partial charge < -0.3 is 5.11 Å². The molecule has 5 atom stereocenters. The second kappa shape index (κ2) is 5.53. The fraction of sp³-hybridized carbons (Fsp3) is 1.00. The van der Waals surface area contributed by atoms with E-state index in [0.717, 1.165) is 24.2 Å². The average molecular weight is 224 g/mol. The van der Waals surface area contributed by atoms with Gasteiger partial charge in [-0.05, 0) is 49.4 Å². The summed E-state index contributed by atoms with van der Waals surface area (Å²) in [4.78, 5) is 0. The Bertz CT molecular complexity index is 213. The number of aliphatic hydroxyl groups is 1. The van der Waals surface area contributed by atoms with Crippen molar-refractivity contribution in [3.63, 3.8) is 0 Å². The van der Waals surface area contributed by atoms with Crippen LogP contribution in [0.5, 0.6) is 0 Å². The van der Waals surface area contributed by atoms with Crippen molar-refractivity contribution in [1.82, 2.24) is 0 Å². The molecule has 0 aromatic heterocycles. The topological polar surface area (TPSA) is 20.2 Å². The maximum atomic E-state index is 10.3. The highest BCUT2D eigenvalue weighted by Crippen LogP contribution is 2.41. The second-order valence-corrected chi connectivity index (χ2v) is 6.40. The lowest BCUT2D eigenvalue weighted by Gasteiger charge is -2.38. The maximum absolute atomic E-state index is 10.3. The molecule has 0 heterocycles. The first-order valence-corrected chi connectivity index (χ1v) is 7.36. The van der Waals surface area contributed by atoms with E-state index in [1.165, 1.54) is 44.9 Å². The van der Waals surface area contributed by atoms with Gasteiger partial charge in [0.05, 0.1) is 6.10 Å². The zero-order valence-electron chi connectivity index (χ0n) is 11.0. The van der Waals surface area contributed by atoms with Crippen LogP contribution in [0, 0.1) is 23.7 Å². The van der Waals surface area contributed by atoms with E-state index in [9.17, 15) is 5.11 Å². The minimum absolute atomic E-state index is 0.00751. The van der Waals surface area contributed by atoms with Gasteiger partial charge in [0.15, 0.2) is 0 Å². The van der Waals surface area contributed by atoms with Crippen LogP contribution in [-0.4, -0.2) is 11.2 Å². The van der Waals surface area contributed by atoms with E-state index in [2.05, 4.69) is 13.8 Å². The third-order valence-corrected chi connectivity index (χ3v) is 5.28. The lowest BCUT2D eigenvalue weighted by molar-refractivity contribution is 0.0362. The maximum Gasteiger partial charge on any atom is 0.0571 e. The summed E-state index contributed by atoms with van der Waals surface area (Å²) in [6.45, 7) is 4.80. The molecule has 0 amide bonds. The lowest BCUT2D eigenvalue weighted by Crippen LogP contribution is -2.32. The predicted molar refractivity (Wildman–Crippen MR) is 68.3 cm³/mol. The summed E-state index contributed by atoms with van der Waals surface area (Å²) in [6, 6.07) is 0. The number of hydrogen-bond acceptors (Lipinski definition) is 1. The Labute approximate surface area is 101 Å².